The first-order valence-electron chi connectivity index (χ1n) is 7.35. The number of anilines is 1. The van der Waals surface area contributed by atoms with Gasteiger partial charge in [0.1, 0.15) is 22.2 Å². The molecule has 0 unspecified atom stereocenters. The smallest absolute Gasteiger partial charge is 0.275 e. The topological polar surface area (TPSA) is 60.5 Å². The Morgan fingerprint density at radius 2 is 1.76 bits per heavy atom. The summed E-state index contributed by atoms with van der Waals surface area (Å²) in [6.07, 6.45) is 0. The second kappa shape index (κ2) is 7.55. The van der Waals surface area contributed by atoms with Gasteiger partial charge < -0.3 is 14.8 Å². The van der Waals surface area contributed by atoms with Gasteiger partial charge in [0, 0.05) is 16.6 Å². The van der Waals surface area contributed by atoms with E-state index in [2.05, 4.69) is 10.3 Å². The normalized spacial score (nSPS) is 10.4. The van der Waals surface area contributed by atoms with Gasteiger partial charge >= 0.3 is 0 Å². The van der Waals surface area contributed by atoms with Crippen molar-refractivity contribution in [1.29, 1.82) is 0 Å². The fourth-order valence-electron chi connectivity index (χ4n) is 2.17. The number of methoxy groups -OCH3 is 2. The number of carbonyl (C=O) groups excluding carboxylic acids is 1. The zero-order chi connectivity index (χ0) is 17.8. The number of thiazole rings is 1. The van der Waals surface area contributed by atoms with Gasteiger partial charge in [0.15, 0.2) is 0 Å². The zero-order valence-corrected chi connectivity index (χ0v) is 15.1. The van der Waals surface area contributed by atoms with Crippen molar-refractivity contribution >= 4 is 34.5 Å². The highest BCUT2D eigenvalue weighted by Crippen LogP contribution is 2.33. The van der Waals surface area contributed by atoms with E-state index in [4.69, 9.17) is 21.1 Å². The van der Waals surface area contributed by atoms with Gasteiger partial charge in [0.2, 0.25) is 0 Å². The van der Waals surface area contributed by atoms with Crippen LogP contribution in [0.3, 0.4) is 0 Å². The molecule has 0 fully saturated rings. The first-order chi connectivity index (χ1) is 12.1. The summed E-state index contributed by atoms with van der Waals surface area (Å²) in [6.45, 7) is 0. The van der Waals surface area contributed by atoms with Gasteiger partial charge in [-0.2, -0.15) is 0 Å². The van der Waals surface area contributed by atoms with Crippen LogP contribution in [0.1, 0.15) is 10.5 Å². The third-order valence-corrected chi connectivity index (χ3v) is 4.68. The van der Waals surface area contributed by atoms with Crippen LogP contribution in [0.5, 0.6) is 11.5 Å². The van der Waals surface area contributed by atoms with E-state index >= 15 is 0 Å². The average Bonchev–Trinajstić information content (AvgIpc) is 3.12. The molecule has 7 heteroatoms. The highest BCUT2D eigenvalue weighted by Gasteiger charge is 2.14. The van der Waals surface area contributed by atoms with Crippen molar-refractivity contribution in [3.8, 4) is 22.1 Å². The Kier molecular flexibility index (Phi) is 5.21. The molecular weight excluding hydrogens is 360 g/mol. The molecule has 3 aromatic rings. The Balaban J connectivity index is 1.77. The summed E-state index contributed by atoms with van der Waals surface area (Å²) in [4.78, 5) is 16.7. The molecule has 2 aromatic carbocycles. The van der Waals surface area contributed by atoms with Gasteiger partial charge in [-0.05, 0) is 42.5 Å². The monoisotopic (exact) mass is 374 g/mol. The number of amides is 1. The van der Waals surface area contributed by atoms with Crippen molar-refractivity contribution in [1.82, 2.24) is 4.98 Å². The van der Waals surface area contributed by atoms with Crippen LogP contribution in [0.25, 0.3) is 10.6 Å². The first-order valence-corrected chi connectivity index (χ1v) is 8.61. The maximum Gasteiger partial charge on any atom is 0.275 e. The zero-order valence-electron chi connectivity index (χ0n) is 13.6. The predicted molar refractivity (Wildman–Crippen MR) is 100 cm³/mol. The van der Waals surface area contributed by atoms with E-state index in [9.17, 15) is 4.79 Å². The van der Waals surface area contributed by atoms with Gasteiger partial charge in [-0.15, -0.1) is 11.3 Å². The summed E-state index contributed by atoms with van der Waals surface area (Å²) < 4.78 is 10.2. The van der Waals surface area contributed by atoms with Crippen molar-refractivity contribution < 1.29 is 14.3 Å². The summed E-state index contributed by atoms with van der Waals surface area (Å²) in [5.74, 6) is 1.11. The van der Waals surface area contributed by atoms with E-state index < -0.39 is 0 Å². The number of halogens is 1. The van der Waals surface area contributed by atoms with Gasteiger partial charge in [-0.25, -0.2) is 4.98 Å². The molecule has 3 rings (SSSR count). The van der Waals surface area contributed by atoms with Gasteiger partial charge in [0.25, 0.3) is 5.91 Å². The van der Waals surface area contributed by atoms with Crippen molar-refractivity contribution in [2.75, 3.05) is 19.5 Å². The quantitative estimate of drug-likeness (QED) is 0.701. The highest BCUT2D eigenvalue weighted by molar-refractivity contribution is 7.13. The molecular formula is C18H15ClN2O3S. The third kappa shape index (κ3) is 3.92. The fourth-order valence-corrected chi connectivity index (χ4v) is 3.32. The minimum absolute atomic E-state index is 0.280. The van der Waals surface area contributed by atoms with Crippen molar-refractivity contribution in [2.24, 2.45) is 0 Å². The molecule has 1 heterocycles. The lowest BCUT2D eigenvalue weighted by atomic mass is 10.2. The van der Waals surface area contributed by atoms with Crippen LogP contribution in [0, 0.1) is 0 Å². The molecule has 1 aromatic heterocycles. The molecule has 0 aliphatic carbocycles. The minimum atomic E-state index is -0.280. The van der Waals surface area contributed by atoms with Crippen LogP contribution in [0.4, 0.5) is 5.69 Å². The van der Waals surface area contributed by atoms with E-state index in [1.165, 1.54) is 11.3 Å². The number of hydrogen-bond donors (Lipinski definition) is 1. The Hall–Kier alpha value is -2.57. The van der Waals surface area contributed by atoms with Gasteiger partial charge in [-0.3, -0.25) is 4.79 Å². The Morgan fingerprint density at radius 3 is 2.40 bits per heavy atom. The molecule has 0 saturated heterocycles. The average molecular weight is 375 g/mol. The Labute approximate surface area is 154 Å². The molecule has 25 heavy (non-hydrogen) atoms. The van der Waals surface area contributed by atoms with E-state index in [1.54, 1.807) is 56.0 Å². The second-order valence-corrected chi connectivity index (χ2v) is 6.33. The van der Waals surface area contributed by atoms with E-state index in [-0.39, 0.29) is 5.91 Å². The summed E-state index contributed by atoms with van der Waals surface area (Å²) in [5.41, 5.74) is 1.77. The maximum absolute atomic E-state index is 12.3. The minimum Gasteiger partial charge on any atom is -0.497 e. The van der Waals surface area contributed by atoms with Crippen molar-refractivity contribution in [2.45, 2.75) is 0 Å². The molecule has 128 valence electrons. The highest BCUT2D eigenvalue weighted by atomic mass is 35.5. The lowest BCUT2D eigenvalue weighted by Gasteiger charge is -2.05. The fraction of sp³-hybridized carbons (Fsp3) is 0.111. The number of nitrogens with zero attached hydrogens (tertiary/aromatic N) is 1. The molecule has 0 saturated carbocycles. The Morgan fingerprint density at radius 1 is 1.08 bits per heavy atom. The lowest BCUT2D eigenvalue weighted by molar-refractivity contribution is 0.102. The lowest BCUT2D eigenvalue weighted by Crippen LogP contribution is -2.12. The first kappa shape index (κ1) is 17.3. The molecule has 0 spiro atoms. The van der Waals surface area contributed by atoms with Crippen LogP contribution in [-0.4, -0.2) is 25.1 Å². The molecule has 5 nitrogen and oxygen atoms in total. The molecule has 0 radical (unpaired) electrons. The summed E-state index contributed by atoms with van der Waals surface area (Å²) >= 11 is 7.62. The summed E-state index contributed by atoms with van der Waals surface area (Å²) in [5, 5.41) is 5.70. The van der Waals surface area contributed by atoms with Crippen molar-refractivity contribution in [3.63, 3.8) is 0 Å². The van der Waals surface area contributed by atoms with Gasteiger partial charge in [0.05, 0.1) is 19.2 Å². The molecule has 0 atom stereocenters. The number of nitrogens with one attached hydrogen (secondary N) is 1. The van der Waals surface area contributed by atoms with Crippen LogP contribution in [0.15, 0.2) is 47.8 Å². The van der Waals surface area contributed by atoms with E-state index in [1.807, 2.05) is 6.07 Å². The van der Waals surface area contributed by atoms with Crippen LogP contribution < -0.4 is 14.8 Å². The van der Waals surface area contributed by atoms with Crippen LogP contribution in [0.2, 0.25) is 5.02 Å². The summed E-state index contributed by atoms with van der Waals surface area (Å²) in [7, 11) is 3.17. The third-order valence-electron chi connectivity index (χ3n) is 3.49. The molecule has 1 N–H and O–H groups in total. The number of ether oxygens (including phenoxy) is 2. The van der Waals surface area contributed by atoms with Crippen LogP contribution >= 0.6 is 22.9 Å². The van der Waals surface area contributed by atoms with Crippen molar-refractivity contribution in [3.05, 3.63) is 58.6 Å². The number of rotatable bonds is 5. The van der Waals surface area contributed by atoms with E-state index in [0.717, 1.165) is 11.3 Å². The largest absolute Gasteiger partial charge is 0.497 e. The second-order valence-electron chi connectivity index (χ2n) is 5.07. The number of benzene rings is 2. The van der Waals surface area contributed by atoms with E-state index in [0.29, 0.717) is 27.2 Å². The van der Waals surface area contributed by atoms with Crippen LogP contribution in [-0.2, 0) is 0 Å². The number of hydrogen-bond acceptors (Lipinski definition) is 5. The number of aromatic nitrogens is 1. The molecule has 0 aliphatic heterocycles. The predicted octanol–water partition coefficient (Wildman–Crippen LogP) is 4.73. The molecule has 1 amide bonds. The SMILES string of the molecule is COc1ccc(NC(=O)c2csc(-c3ccc(OC)cc3Cl)n2)cc1. The summed E-state index contributed by atoms with van der Waals surface area (Å²) in [6, 6.07) is 12.4. The standard InChI is InChI=1S/C18H15ClN2O3S/c1-23-12-5-3-11(4-6-12)20-17(22)16-10-25-18(21-16)14-8-7-13(24-2)9-15(14)19/h3-10H,1-2H3,(H,20,22). The van der Waals surface area contributed by atoms with Gasteiger partial charge in [-0.1, -0.05) is 11.6 Å². The molecule has 0 bridgehead atoms. The Bertz CT molecular complexity index is 894. The molecule has 0 aliphatic rings. The number of carbonyl (C=O) groups is 1. The maximum atomic E-state index is 12.3.